The highest BCUT2D eigenvalue weighted by atomic mass is 79.9. The number of amides is 1. The Balaban J connectivity index is 2.55. The highest BCUT2D eigenvalue weighted by Gasteiger charge is 2.18. The predicted molar refractivity (Wildman–Crippen MR) is 71.9 cm³/mol. The number of thiophene rings is 1. The van der Waals surface area contributed by atoms with Gasteiger partial charge in [0.25, 0.3) is 5.91 Å². The summed E-state index contributed by atoms with van der Waals surface area (Å²) in [6.45, 7) is 4.87. The van der Waals surface area contributed by atoms with Crippen LogP contribution in [0, 0.1) is 5.41 Å². The second-order valence-electron chi connectivity index (χ2n) is 4.08. The number of hydrogen-bond donors (Lipinski definition) is 1. The molecule has 0 spiro atoms. The van der Waals surface area contributed by atoms with E-state index < -0.39 is 0 Å². The van der Waals surface area contributed by atoms with Crippen molar-refractivity contribution in [1.29, 1.82) is 0 Å². The molecule has 1 amide bonds. The molecule has 1 aromatic heterocycles. The van der Waals surface area contributed by atoms with Crippen LogP contribution in [0.3, 0.4) is 0 Å². The van der Waals surface area contributed by atoms with Gasteiger partial charge in [-0.25, -0.2) is 0 Å². The van der Waals surface area contributed by atoms with Gasteiger partial charge in [0, 0.05) is 16.3 Å². The molecule has 0 unspecified atom stereocenters. The topological polar surface area (TPSA) is 29.1 Å². The van der Waals surface area contributed by atoms with Crippen LogP contribution in [0.2, 0.25) is 0 Å². The maximum atomic E-state index is 11.7. The average molecular weight is 355 g/mol. The maximum Gasteiger partial charge on any atom is 0.262 e. The summed E-state index contributed by atoms with van der Waals surface area (Å²) in [7, 11) is 0. The standard InChI is InChI=1S/C10H13Br2NOS/c1-10(2,5-11)6-13-9(14)8-7(12)3-4-15-8/h3-4H,5-6H2,1-2H3,(H,13,14). The van der Waals surface area contributed by atoms with Gasteiger partial charge in [-0.3, -0.25) is 4.79 Å². The van der Waals surface area contributed by atoms with E-state index in [1.54, 1.807) is 0 Å². The minimum atomic E-state index is -0.00843. The molecule has 1 aromatic rings. The lowest BCUT2D eigenvalue weighted by Gasteiger charge is -2.21. The molecule has 0 saturated heterocycles. The van der Waals surface area contributed by atoms with Crippen molar-refractivity contribution in [2.75, 3.05) is 11.9 Å². The van der Waals surface area contributed by atoms with E-state index in [9.17, 15) is 4.79 Å². The molecule has 0 fully saturated rings. The number of rotatable bonds is 4. The molecule has 2 nitrogen and oxygen atoms in total. The molecule has 0 atom stereocenters. The Bertz CT molecular complexity index is 349. The molecule has 0 bridgehead atoms. The number of alkyl halides is 1. The predicted octanol–water partition coefficient (Wildman–Crippen LogP) is 3.66. The van der Waals surface area contributed by atoms with Crippen LogP contribution in [0.15, 0.2) is 15.9 Å². The van der Waals surface area contributed by atoms with Gasteiger partial charge in [0.1, 0.15) is 4.88 Å². The zero-order valence-corrected chi connectivity index (χ0v) is 12.6. The summed E-state index contributed by atoms with van der Waals surface area (Å²) in [6, 6.07) is 1.88. The van der Waals surface area contributed by atoms with E-state index in [0.29, 0.717) is 6.54 Å². The molecule has 0 saturated carbocycles. The van der Waals surface area contributed by atoms with Crippen molar-refractivity contribution in [1.82, 2.24) is 5.32 Å². The lowest BCUT2D eigenvalue weighted by molar-refractivity contribution is 0.0943. The van der Waals surface area contributed by atoms with Crippen molar-refractivity contribution in [3.8, 4) is 0 Å². The van der Waals surface area contributed by atoms with Crippen LogP contribution in [0.25, 0.3) is 0 Å². The Morgan fingerprint density at radius 3 is 2.73 bits per heavy atom. The van der Waals surface area contributed by atoms with Crippen molar-refractivity contribution >= 4 is 49.1 Å². The summed E-state index contributed by atoms with van der Waals surface area (Å²) in [4.78, 5) is 12.5. The number of carbonyl (C=O) groups excluding carboxylic acids is 1. The first kappa shape index (κ1) is 13.2. The van der Waals surface area contributed by atoms with E-state index in [0.717, 1.165) is 14.7 Å². The molecular weight excluding hydrogens is 342 g/mol. The molecule has 1 heterocycles. The highest BCUT2D eigenvalue weighted by molar-refractivity contribution is 9.10. The van der Waals surface area contributed by atoms with E-state index in [-0.39, 0.29) is 11.3 Å². The first-order valence-corrected chi connectivity index (χ1v) is 7.33. The fourth-order valence-electron chi connectivity index (χ4n) is 0.903. The molecule has 1 rings (SSSR count). The zero-order chi connectivity index (χ0) is 11.5. The lowest BCUT2D eigenvalue weighted by Crippen LogP contribution is -2.34. The molecule has 5 heteroatoms. The number of halogens is 2. The van der Waals surface area contributed by atoms with Crippen LogP contribution in [-0.4, -0.2) is 17.8 Å². The Morgan fingerprint density at radius 1 is 1.60 bits per heavy atom. The fraction of sp³-hybridized carbons (Fsp3) is 0.500. The number of carbonyl (C=O) groups is 1. The average Bonchev–Trinajstić information content (AvgIpc) is 2.61. The summed E-state index contributed by atoms with van der Waals surface area (Å²) in [5.74, 6) is -0.00843. The van der Waals surface area contributed by atoms with Gasteiger partial charge in [-0.05, 0) is 32.8 Å². The summed E-state index contributed by atoms with van der Waals surface area (Å²) in [5, 5.41) is 5.69. The van der Waals surface area contributed by atoms with Crippen molar-refractivity contribution in [2.45, 2.75) is 13.8 Å². The Labute approximate surface area is 111 Å². The zero-order valence-electron chi connectivity index (χ0n) is 8.64. The molecule has 0 aliphatic carbocycles. The Morgan fingerprint density at radius 2 is 2.27 bits per heavy atom. The van der Waals surface area contributed by atoms with E-state index in [1.807, 2.05) is 11.4 Å². The second kappa shape index (κ2) is 5.46. The summed E-state index contributed by atoms with van der Waals surface area (Å²) >= 11 is 8.22. The first-order chi connectivity index (χ1) is 6.96. The summed E-state index contributed by atoms with van der Waals surface area (Å²) < 4.78 is 0.863. The number of hydrogen-bond acceptors (Lipinski definition) is 2. The van der Waals surface area contributed by atoms with Crippen molar-refractivity contribution in [2.24, 2.45) is 5.41 Å². The molecule has 0 aromatic carbocycles. The number of nitrogens with one attached hydrogen (secondary N) is 1. The lowest BCUT2D eigenvalue weighted by atomic mass is 9.97. The van der Waals surface area contributed by atoms with Gasteiger partial charge in [-0.15, -0.1) is 11.3 Å². The van der Waals surface area contributed by atoms with Crippen molar-refractivity contribution < 1.29 is 4.79 Å². The maximum absolute atomic E-state index is 11.7. The van der Waals surface area contributed by atoms with Crippen LogP contribution >= 0.6 is 43.2 Å². The molecule has 84 valence electrons. The molecule has 0 radical (unpaired) electrons. The molecule has 0 aliphatic heterocycles. The van der Waals surface area contributed by atoms with Gasteiger partial charge in [-0.2, -0.15) is 0 Å². The third-order valence-electron chi connectivity index (χ3n) is 1.91. The van der Waals surface area contributed by atoms with Crippen molar-refractivity contribution in [3.05, 3.63) is 20.8 Å². The minimum absolute atomic E-state index is 0.00843. The molecule has 0 aliphatic rings. The Kier molecular flexibility index (Phi) is 4.80. The monoisotopic (exact) mass is 353 g/mol. The second-order valence-corrected chi connectivity index (χ2v) is 6.41. The summed E-state index contributed by atoms with van der Waals surface area (Å²) in [5.41, 5.74) is 0.0827. The van der Waals surface area contributed by atoms with Crippen LogP contribution < -0.4 is 5.32 Å². The van der Waals surface area contributed by atoms with Gasteiger partial charge < -0.3 is 5.32 Å². The third-order valence-corrected chi connectivity index (χ3v) is 5.27. The summed E-state index contributed by atoms with van der Waals surface area (Å²) in [6.07, 6.45) is 0. The smallest absolute Gasteiger partial charge is 0.262 e. The van der Waals surface area contributed by atoms with Gasteiger partial charge in [0.2, 0.25) is 0 Å². The largest absolute Gasteiger partial charge is 0.351 e. The van der Waals surface area contributed by atoms with Crippen LogP contribution in [-0.2, 0) is 0 Å². The van der Waals surface area contributed by atoms with Crippen LogP contribution in [0.5, 0.6) is 0 Å². The molecular formula is C10H13Br2NOS. The van der Waals surface area contributed by atoms with Crippen molar-refractivity contribution in [3.63, 3.8) is 0 Å². The van der Waals surface area contributed by atoms with E-state index in [2.05, 4.69) is 51.0 Å². The normalized spacial score (nSPS) is 11.5. The van der Waals surface area contributed by atoms with Gasteiger partial charge in [0.05, 0.1) is 0 Å². The minimum Gasteiger partial charge on any atom is -0.351 e. The SMILES string of the molecule is CC(C)(CBr)CNC(=O)c1sccc1Br. The van der Waals surface area contributed by atoms with E-state index >= 15 is 0 Å². The van der Waals surface area contributed by atoms with E-state index in [1.165, 1.54) is 11.3 Å². The van der Waals surface area contributed by atoms with E-state index in [4.69, 9.17) is 0 Å². The quantitative estimate of drug-likeness (QED) is 0.821. The van der Waals surface area contributed by atoms with Crippen LogP contribution in [0.1, 0.15) is 23.5 Å². The third kappa shape index (κ3) is 3.89. The van der Waals surface area contributed by atoms with Gasteiger partial charge in [0.15, 0.2) is 0 Å². The molecule has 1 N–H and O–H groups in total. The first-order valence-electron chi connectivity index (χ1n) is 4.53. The van der Waals surface area contributed by atoms with Gasteiger partial charge in [-0.1, -0.05) is 29.8 Å². The Hall–Kier alpha value is 0.130. The molecule has 15 heavy (non-hydrogen) atoms. The highest BCUT2D eigenvalue weighted by Crippen LogP contribution is 2.23. The van der Waals surface area contributed by atoms with Gasteiger partial charge >= 0.3 is 0 Å². The fourth-order valence-corrected chi connectivity index (χ4v) is 2.57. The van der Waals surface area contributed by atoms with Crippen LogP contribution in [0.4, 0.5) is 0 Å².